The highest BCUT2D eigenvalue weighted by Crippen LogP contribution is 2.14. The smallest absolute Gasteiger partial charge is 0.0795 e. The van der Waals surface area contributed by atoms with Gasteiger partial charge in [-0.3, -0.25) is 0 Å². The van der Waals surface area contributed by atoms with Gasteiger partial charge in [0, 0.05) is 17.5 Å². The second-order valence-electron chi connectivity index (χ2n) is 5.20. The van der Waals surface area contributed by atoms with Crippen LogP contribution in [0.3, 0.4) is 0 Å². The number of hydrogen-bond donors (Lipinski definition) is 1. The number of aromatic nitrogens is 1. The molecule has 2 rings (SSSR count). The standard InChI is InChI=1S/C15H20N2S/c1-15(2,17-10-14-11-18-12-16-14)9-8-13-6-4-3-5-7-13/h3-7,11-12,17H,8-10H2,1-2H3. The zero-order chi connectivity index (χ0) is 12.8. The van der Waals surface area contributed by atoms with Crippen LogP contribution in [0.25, 0.3) is 0 Å². The van der Waals surface area contributed by atoms with Crippen LogP contribution in [0.15, 0.2) is 41.2 Å². The number of nitrogens with one attached hydrogen (secondary N) is 1. The summed E-state index contributed by atoms with van der Waals surface area (Å²) < 4.78 is 0. The molecule has 1 N–H and O–H groups in total. The fraction of sp³-hybridized carbons (Fsp3) is 0.400. The highest BCUT2D eigenvalue weighted by molar-refractivity contribution is 7.07. The topological polar surface area (TPSA) is 24.9 Å². The molecule has 0 amide bonds. The minimum absolute atomic E-state index is 0.138. The molecule has 0 saturated carbocycles. The molecule has 0 atom stereocenters. The third-order valence-corrected chi connectivity index (χ3v) is 3.75. The average molecular weight is 260 g/mol. The summed E-state index contributed by atoms with van der Waals surface area (Å²) in [5.41, 5.74) is 4.56. The molecule has 18 heavy (non-hydrogen) atoms. The monoisotopic (exact) mass is 260 g/mol. The number of thiazole rings is 1. The maximum Gasteiger partial charge on any atom is 0.0795 e. The lowest BCUT2D eigenvalue weighted by molar-refractivity contribution is 0.359. The molecule has 0 aliphatic heterocycles. The molecule has 3 heteroatoms. The number of rotatable bonds is 6. The first-order chi connectivity index (χ1) is 8.66. The first-order valence-electron chi connectivity index (χ1n) is 6.32. The van der Waals surface area contributed by atoms with E-state index in [0.717, 1.165) is 25.1 Å². The molecule has 0 radical (unpaired) electrons. The van der Waals surface area contributed by atoms with Crippen molar-refractivity contribution in [3.63, 3.8) is 0 Å². The van der Waals surface area contributed by atoms with Crippen LogP contribution in [0.2, 0.25) is 0 Å². The Morgan fingerprint density at radius 3 is 2.67 bits per heavy atom. The van der Waals surface area contributed by atoms with E-state index in [2.05, 4.69) is 59.9 Å². The minimum atomic E-state index is 0.138. The predicted molar refractivity (Wildman–Crippen MR) is 77.8 cm³/mol. The quantitative estimate of drug-likeness (QED) is 0.857. The molecular formula is C15H20N2S. The van der Waals surface area contributed by atoms with Crippen molar-refractivity contribution < 1.29 is 0 Å². The van der Waals surface area contributed by atoms with E-state index in [-0.39, 0.29) is 5.54 Å². The third kappa shape index (κ3) is 4.24. The predicted octanol–water partition coefficient (Wildman–Crippen LogP) is 3.64. The minimum Gasteiger partial charge on any atom is -0.306 e. The first kappa shape index (κ1) is 13.2. The Morgan fingerprint density at radius 1 is 1.22 bits per heavy atom. The van der Waals surface area contributed by atoms with Gasteiger partial charge in [0.1, 0.15) is 0 Å². The van der Waals surface area contributed by atoms with Crippen LogP contribution in [0.1, 0.15) is 31.5 Å². The van der Waals surface area contributed by atoms with Crippen molar-refractivity contribution >= 4 is 11.3 Å². The van der Waals surface area contributed by atoms with E-state index in [1.54, 1.807) is 11.3 Å². The van der Waals surface area contributed by atoms with Crippen LogP contribution in [0.4, 0.5) is 0 Å². The first-order valence-corrected chi connectivity index (χ1v) is 7.26. The second-order valence-corrected chi connectivity index (χ2v) is 5.92. The fourth-order valence-electron chi connectivity index (χ4n) is 1.84. The van der Waals surface area contributed by atoms with E-state index in [9.17, 15) is 0 Å². The van der Waals surface area contributed by atoms with Gasteiger partial charge >= 0.3 is 0 Å². The number of benzene rings is 1. The van der Waals surface area contributed by atoms with Crippen molar-refractivity contribution in [1.82, 2.24) is 10.3 Å². The van der Waals surface area contributed by atoms with Gasteiger partial charge in [0.05, 0.1) is 11.2 Å². The molecule has 2 nitrogen and oxygen atoms in total. The van der Waals surface area contributed by atoms with E-state index in [0.29, 0.717) is 0 Å². The number of hydrogen-bond acceptors (Lipinski definition) is 3. The van der Waals surface area contributed by atoms with Gasteiger partial charge in [0.25, 0.3) is 0 Å². The summed E-state index contributed by atoms with van der Waals surface area (Å²) in [6, 6.07) is 10.7. The summed E-state index contributed by atoms with van der Waals surface area (Å²) >= 11 is 1.65. The lowest BCUT2D eigenvalue weighted by atomic mass is 9.95. The summed E-state index contributed by atoms with van der Waals surface area (Å²) in [5.74, 6) is 0. The van der Waals surface area contributed by atoms with Crippen molar-refractivity contribution in [3.8, 4) is 0 Å². The summed E-state index contributed by atoms with van der Waals surface area (Å²) in [6.07, 6.45) is 2.24. The van der Waals surface area contributed by atoms with Gasteiger partial charge in [-0.2, -0.15) is 0 Å². The van der Waals surface area contributed by atoms with E-state index in [1.165, 1.54) is 5.56 Å². The zero-order valence-corrected chi connectivity index (χ0v) is 11.8. The maximum absolute atomic E-state index is 4.29. The van der Waals surface area contributed by atoms with Gasteiger partial charge in [-0.25, -0.2) is 4.98 Å². The highest BCUT2D eigenvalue weighted by Gasteiger charge is 2.16. The van der Waals surface area contributed by atoms with Gasteiger partial charge in [0.15, 0.2) is 0 Å². The molecule has 1 heterocycles. The van der Waals surface area contributed by atoms with Gasteiger partial charge in [-0.05, 0) is 32.3 Å². The van der Waals surface area contributed by atoms with Crippen molar-refractivity contribution in [2.45, 2.75) is 38.8 Å². The van der Waals surface area contributed by atoms with Crippen LogP contribution in [0, 0.1) is 0 Å². The Kier molecular flexibility index (Phi) is 4.50. The molecule has 1 aromatic carbocycles. The summed E-state index contributed by atoms with van der Waals surface area (Å²) in [6.45, 7) is 5.36. The van der Waals surface area contributed by atoms with Crippen LogP contribution >= 0.6 is 11.3 Å². The molecule has 0 aliphatic rings. The maximum atomic E-state index is 4.29. The van der Waals surface area contributed by atoms with Gasteiger partial charge < -0.3 is 5.32 Å². The molecule has 0 spiro atoms. The Morgan fingerprint density at radius 2 is 2.00 bits per heavy atom. The van der Waals surface area contributed by atoms with E-state index >= 15 is 0 Å². The average Bonchev–Trinajstić information content (AvgIpc) is 2.89. The van der Waals surface area contributed by atoms with Gasteiger partial charge in [-0.1, -0.05) is 30.3 Å². The van der Waals surface area contributed by atoms with Crippen molar-refractivity contribution in [2.24, 2.45) is 0 Å². The third-order valence-electron chi connectivity index (χ3n) is 3.11. The molecule has 0 fully saturated rings. The second kappa shape index (κ2) is 6.12. The fourth-order valence-corrected chi connectivity index (χ4v) is 2.40. The van der Waals surface area contributed by atoms with Crippen molar-refractivity contribution in [3.05, 3.63) is 52.5 Å². The highest BCUT2D eigenvalue weighted by atomic mass is 32.1. The van der Waals surface area contributed by atoms with E-state index < -0.39 is 0 Å². The van der Waals surface area contributed by atoms with Crippen LogP contribution in [0.5, 0.6) is 0 Å². The number of nitrogens with zero attached hydrogens (tertiary/aromatic N) is 1. The molecule has 96 valence electrons. The molecule has 1 aromatic heterocycles. The van der Waals surface area contributed by atoms with Gasteiger partial charge in [0.2, 0.25) is 0 Å². The Bertz CT molecular complexity index is 449. The lowest BCUT2D eigenvalue weighted by Crippen LogP contribution is -2.39. The Labute approximate surface area is 113 Å². The van der Waals surface area contributed by atoms with Crippen LogP contribution < -0.4 is 5.32 Å². The molecule has 0 saturated heterocycles. The lowest BCUT2D eigenvalue weighted by Gasteiger charge is -2.26. The zero-order valence-electron chi connectivity index (χ0n) is 11.0. The molecular weight excluding hydrogens is 240 g/mol. The molecule has 0 unspecified atom stereocenters. The van der Waals surface area contributed by atoms with Crippen LogP contribution in [-0.2, 0) is 13.0 Å². The van der Waals surface area contributed by atoms with E-state index in [1.807, 2.05) is 5.51 Å². The summed E-state index contributed by atoms with van der Waals surface area (Å²) in [7, 11) is 0. The molecule has 0 aliphatic carbocycles. The van der Waals surface area contributed by atoms with Gasteiger partial charge in [-0.15, -0.1) is 11.3 Å². The summed E-state index contributed by atoms with van der Waals surface area (Å²) in [4.78, 5) is 4.29. The van der Waals surface area contributed by atoms with Crippen LogP contribution in [-0.4, -0.2) is 10.5 Å². The Balaban J connectivity index is 1.80. The SMILES string of the molecule is CC(C)(CCc1ccccc1)NCc1cscn1. The van der Waals surface area contributed by atoms with Crippen molar-refractivity contribution in [2.75, 3.05) is 0 Å². The number of aryl methyl sites for hydroxylation is 1. The molecule has 0 bridgehead atoms. The Hall–Kier alpha value is -1.19. The molecule has 2 aromatic rings. The largest absolute Gasteiger partial charge is 0.306 e. The van der Waals surface area contributed by atoms with Crippen molar-refractivity contribution in [1.29, 1.82) is 0 Å². The summed E-state index contributed by atoms with van der Waals surface area (Å²) in [5, 5.41) is 5.67. The van der Waals surface area contributed by atoms with E-state index in [4.69, 9.17) is 0 Å². The normalized spacial score (nSPS) is 11.7.